The number of benzene rings is 2. The number of thioether (sulfide) groups is 2. The van der Waals surface area contributed by atoms with Crippen LogP contribution in [0.3, 0.4) is 0 Å². The smallest absolute Gasteiger partial charge is 0.416 e. The molecule has 0 radical (unpaired) electrons. The van der Waals surface area contributed by atoms with Crippen LogP contribution in [0.4, 0.5) is 26.3 Å². The summed E-state index contributed by atoms with van der Waals surface area (Å²) < 4.78 is 89.5. The van der Waals surface area contributed by atoms with Crippen molar-refractivity contribution >= 4 is 35.3 Å². The highest BCUT2D eigenvalue weighted by atomic mass is 32.2. The van der Waals surface area contributed by atoms with Gasteiger partial charge in [0, 0.05) is 46.0 Å². The number of nitrogens with one attached hydrogen (secondary N) is 4. The zero-order valence-corrected chi connectivity index (χ0v) is 35.4. The SMILES string of the molecule is COc1cc(C(F)(F)F)cc(SC)c1C(=O)N[C@@H]1CCCC[C@@H]1NC1CCCC1.COc1cc(C(F)(F)F)cc(SC)c1C(=O)N[C@H]1CCCC[C@H]1NC1CCCC1. The average molecular weight is 861 g/mol. The van der Waals surface area contributed by atoms with Crippen molar-refractivity contribution in [2.75, 3.05) is 26.7 Å². The number of ether oxygens (including phenoxy) is 2. The van der Waals surface area contributed by atoms with Gasteiger partial charge >= 0.3 is 12.4 Å². The maximum Gasteiger partial charge on any atom is 0.416 e. The Hall–Kier alpha value is -2.82. The van der Waals surface area contributed by atoms with Gasteiger partial charge in [-0.1, -0.05) is 51.4 Å². The summed E-state index contributed by atoms with van der Waals surface area (Å²) in [6.45, 7) is 0. The van der Waals surface area contributed by atoms with E-state index in [0.717, 1.165) is 99.2 Å². The number of rotatable bonds is 12. The Kier molecular flexibility index (Phi) is 16.8. The van der Waals surface area contributed by atoms with Gasteiger partial charge in [-0.25, -0.2) is 0 Å². The minimum absolute atomic E-state index is 0.0291. The van der Waals surface area contributed by atoms with Crippen molar-refractivity contribution in [2.45, 2.75) is 161 Å². The van der Waals surface area contributed by atoms with E-state index in [9.17, 15) is 35.9 Å². The van der Waals surface area contributed by atoms with E-state index in [2.05, 4.69) is 21.3 Å². The summed E-state index contributed by atoms with van der Waals surface area (Å²) in [5, 5.41) is 13.6. The molecular weight excluding hydrogens is 803 g/mol. The number of carbonyl (C=O) groups is 2. The first kappa shape index (κ1) is 46.2. The fourth-order valence-electron chi connectivity index (χ4n) is 8.88. The van der Waals surface area contributed by atoms with E-state index in [1.54, 1.807) is 12.5 Å². The lowest BCUT2D eigenvalue weighted by atomic mass is 9.89. The van der Waals surface area contributed by atoms with Crippen LogP contribution in [-0.2, 0) is 12.4 Å². The maximum atomic E-state index is 13.2. The Morgan fingerprint density at radius 1 is 0.534 bits per heavy atom. The molecule has 324 valence electrons. The molecule has 0 heterocycles. The van der Waals surface area contributed by atoms with Crippen molar-refractivity contribution in [3.63, 3.8) is 0 Å². The van der Waals surface area contributed by atoms with Crippen LogP contribution in [0.25, 0.3) is 0 Å². The lowest BCUT2D eigenvalue weighted by Crippen LogP contribution is -2.53. The molecule has 4 aliphatic rings. The van der Waals surface area contributed by atoms with Crippen LogP contribution in [0.15, 0.2) is 34.1 Å². The van der Waals surface area contributed by atoms with Crippen molar-refractivity contribution in [2.24, 2.45) is 0 Å². The Morgan fingerprint density at radius 2 is 0.845 bits per heavy atom. The maximum absolute atomic E-state index is 13.2. The third-order valence-electron chi connectivity index (χ3n) is 11.9. The van der Waals surface area contributed by atoms with Crippen LogP contribution in [0.1, 0.15) is 135 Å². The highest BCUT2D eigenvalue weighted by Crippen LogP contribution is 2.40. The van der Waals surface area contributed by atoms with E-state index in [1.165, 1.54) is 65.6 Å². The monoisotopic (exact) mass is 860 g/mol. The second kappa shape index (κ2) is 21.1. The van der Waals surface area contributed by atoms with Gasteiger partial charge in [0.15, 0.2) is 0 Å². The lowest BCUT2D eigenvalue weighted by molar-refractivity contribution is -0.138. The molecule has 2 amide bonds. The van der Waals surface area contributed by atoms with Crippen LogP contribution in [0, 0.1) is 0 Å². The van der Waals surface area contributed by atoms with Crippen LogP contribution < -0.4 is 30.7 Å². The van der Waals surface area contributed by atoms with Crippen molar-refractivity contribution < 1.29 is 45.4 Å². The summed E-state index contributed by atoms with van der Waals surface area (Å²) in [5.74, 6) is -0.828. The number of alkyl halides is 6. The van der Waals surface area contributed by atoms with Gasteiger partial charge < -0.3 is 30.7 Å². The summed E-state index contributed by atoms with van der Waals surface area (Å²) in [4.78, 5) is 26.7. The summed E-state index contributed by atoms with van der Waals surface area (Å²) in [6.07, 6.45) is 12.0. The highest BCUT2D eigenvalue weighted by molar-refractivity contribution is 7.99. The number of methoxy groups -OCH3 is 2. The predicted molar refractivity (Wildman–Crippen MR) is 217 cm³/mol. The molecule has 0 aromatic heterocycles. The van der Waals surface area contributed by atoms with Gasteiger partial charge in [-0.2, -0.15) is 26.3 Å². The quantitative estimate of drug-likeness (QED) is 0.124. The van der Waals surface area contributed by atoms with Gasteiger partial charge in [-0.3, -0.25) is 9.59 Å². The lowest BCUT2D eigenvalue weighted by Gasteiger charge is -2.35. The molecule has 0 saturated heterocycles. The third-order valence-corrected chi connectivity index (χ3v) is 13.4. The minimum atomic E-state index is -4.49. The molecule has 2 aromatic rings. The molecule has 2 aromatic carbocycles. The van der Waals surface area contributed by atoms with E-state index in [1.807, 2.05) is 0 Å². The second-order valence-electron chi connectivity index (χ2n) is 15.7. The average Bonchev–Trinajstić information content (AvgIpc) is 3.92. The van der Waals surface area contributed by atoms with Crippen LogP contribution in [0.2, 0.25) is 0 Å². The van der Waals surface area contributed by atoms with E-state index in [0.29, 0.717) is 12.1 Å². The third kappa shape index (κ3) is 12.1. The van der Waals surface area contributed by atoms with Crippen molar-refractivity contribution in [3.8, 4) is 11.5 Å². The summed E-state index contributed by atoms with van der Waals surface area (Å²) in [7, 11) is 2.59. The zero-order valence-electron chi connectivity index (χ0n) is 33.8. The molecule has 16 heteroatoms. The van der Waals surface area contributed by atoms with Gasteiger partial charge in [-0.05, 0) is 88.1 Å². The molecule has 0 bridgehead atoms. The fraction of sp³-hybridized carbons (Fsp3) is 0.667. The number of halogens is 6. The number of amides is 2. The first-order valence-electron chi connectivity index (χ1n) is 20.5. The Bertz CT molecular complexity index is 1510. The number of hydrogen-bond acceptors (Lipinski definition) is 8. The number of hydrogen-bond donors (Lipinski definition) is 4. The fourth-order valence-corrected chi connectivity index (χ4v) is 10.2. The minimum Gasteiger partial charge on any atom is -0.496 e. The molecule has 4 N–H and O–H groups in total. The van der Waals surface area contributed by atoms with Crippen molar-refractivity contribution in [1.82, 2.24) is 21.3 Å². The Morgan fingerprint density at radius 3 is 1.14 bits per heavy atom. The molecule has 4 atom stereocenters. The van der Waals surface area contributed by atoms with Crippen LogP contribution >= 0.6 is 23.5 Å². The molecule has 4 saturated carbocycles. The molecule has 58 heavy (non-hydrogen) atoms. The summed E-state index contributed by atoms with van der Waals surface area (Å²) in [6, 6.07) is 5.21. The van der Waals surface area contributed by atoms with Gasteiger partial charge in [0.1, 0.15) is 11.5 Å². The van der Waals surface area contributed by atoms with Gasteiger partial charge in [0.2, 0.25) is 0 Å². The first-order valence-corrected chi connectivity index (χ1v) is 22.9. The molecular formula is C42H58F6N4O4S2. The van der Waals surface area contributed by atoms with Gasteiger partial charge in [0.25, 0.3) is 11.8 Å². The number of carbonyl (C=O) groups excluding carboxylic acids is 2. The normalized spacial score (nSPS) is 23.2. The largest absolute Gasteiger partial charge is 0.496 e. The molecule has 0 spiro atoms. The highest BCUT2D eigenvalue weighted by Gasteiger charge is 2.37. The standard InChI is InChI=1S/2C21H29F3N2O2S/c2*1-28-17-11-13(21(22,23)24)12-18(29-2)19(17)20(27)26-16-10-6-5-9-15(16)25-14-7-3-4-8-14/h2*11-12,14-16,25H,3-10H2,1-2H3,(H,26,27)/t2*15-,16+/m10/s1. The van der Waals surface area contributed by atoms with E-state index in [4.69, 9.17) is 9.47 Å². The molecule has 8 nitrogen and oxygen atoms in total. The molecule has 6 rings (SSSR count). The summed E-state index contributed by atoms with van der Waals surface area (Å²) >= 11 is 2.23. The van der Waals surface area contributed by atoms with Gasteiger partial charge in [0.05, 0.1) is 36.5 Å². The second-order valence-corrected chi connectivity index (χ2v) is 17.4. The topological polar surface area (TPSA) is 101 Å². The van der Waals surface area contributed by atoms with E-state index >= 15 is 0 Å². The molecule has 0 unspecified atom stereocenters. The Balaban J connectivity index is 0.000000221. The van der Waals surface area contributed by atoms with E-state index in [-0.39, 0.29) is 68.4 Å². The first-order chi connectivity index (χ1) is 27.7. The van der Waals surface area contributed by atoms with Gasteiger partial charge in [-0.15, -0.1) is 23.5 Å². The molecule has 0 aliphatic heterocycles. The van der Waals surface area contributed by atoms with Crippen molar-refractivity contribution in [3.05, 3.63) is 46.5 Å². The Labute approximate surface area is 346 Å². The predicted octanol–water partition coefficient (Wildman–Crippen LogP) is 10.0. The molecule has 4 aliphatic carbocycles. The van der Waals surface area contributed by atoms with Crippen LogP contribution in [-0.4, -0.2) is 74.8 Å². The van der Waals surface area contributed by atoms with E-state index < -0.39 is 23.5 Å². The zero-order chi connectivity index (χ0) is 42.0. The molecule has 4 fully saturated rings. The van der Waals surface area contributed by atoms with Crippen molar-refractivity contribution in [1.29, 1.82) is 0 Å². The van der Waals surface area contributed by atoms with Crippen LogP contribution in [0.5, 0.6) is 11.5 Å². The summed E-state index contributed by atoms with van der Waals surface area (Å²) in [5.41, 5.74) is -1.27.